The molecule has 20 heavy (non-hydrogen) atoms. The third-order valence-corrected chi connectivity index (χ3v) is 1.89. The van der Waals surface area contributed by atoms with Crippen molar-refractivity contribution in [1.82, 2.24) is 0 Å². The topological polar surface area (TPSA) is 72.8 Å². The van der Waals surface area contributed by atoms with Gasteiger partial charge in [0.05, 0.1) is 6.61 Å². The number of hydrogen-bond donors (Lipinski definition) is 1. The number of carbonyl (C=O) groups is 2. The van der Waals surface area contributed by atoms with E-state index in [-0.39, 0.29) is 19.2 Å². The Hall–Kier alpha value is -2.40. The van der Waals surface area contributed by atoms with Gasteiger partial charge in [-0.25, -0.2) is 9.59 Å². The number of ether oxygens (including phenoxy) is 2. The summed E-state index contributed by atoms with van der Waals surface area (Å²) in [6.45, 7) is 6.67. The highest BCUT2D eigenvalue weighted by molar-refractivity contribution is 5.81. The summed E-state index contributed by atoms with van der Waals surface area (Å²) in [4.78, 5) is 20.8. The molecule has 0 radical (unpaired) electrons. The van der Waals surface area contributed by atoms with Crippen LogP contribution in [0, 0.1) is 0 Å². The minimum Gasteiger partial charge on any atom is -0.460 e. The molecular formula is C15H18O5. The lowest BCUT2D eigenvalue weighted by atomic mass is 10.2. The smallest absolute Gasteiger partial charge is 0.330 e. The van der Waals surface area contributed by atoms with Gasteiger partial charge in [-0.1, -0.05) is 43.5 Å². The van der Waals surface area contributed by atoms with Gasteiger partial charge in [0, 0.05) is 12.2 Å². The Morgan fingerprint density at radius 3 is 2.10 bits per heavy atom. The third-order valence-electron chi connectivity index (χ3n) is 1.89. The highest BCUT2D eigenvalue weighted by Gasteiger charge is 1.95. The average Bonchev–Trinajstić information content (AvgIpc) is 2.51. The van der Waals surface area contributed by atoms with E-state index in [9.17, 15) is 9.59 Å². The number of benzene rings is 1. The monoisotopic (exact) mass is 278 g/mol. The van der Waals surface area contributed by atoms with Gasteiger partial charge in [-0.15, -0.1) is 0 Å². The summed E-state index contributed by atoms with van der Waals surface area (Å²) in [6, 6.07) is 9.51. The zero-order chi connectivity index (χ0) is 15.2. The summed E-state index contributed by atoms with van der Waals surface area (Å²) in [7, 11) is 0. The van der Waals surface area contributed by atoms with E-state index in [1.165, 1.54) is 0 Å². The van der Waals surface area contributed by atoms with Crippen molar-refractivity contribution in [2.75, 3.05) is 13.2 Å². The average molecular weight is 278 g/mol. The molecule has 5 heteroatoms. The summed E-state index contributed by atoms with van der Waals surface area (Å²) in [5, 5.41) is 8.10. The van der Waals surface area contributed by atoms with Crippen molar-refractivity contribution in [3.63, 3.8) is 0 Å². The van der Waals surface area contributed by atoms with Crippen LogP contribution in [0.25, 0.3) is 0 Å². The van der Waals surface area contributed by atoms with Crippen LogP contribution in [0.1, 0.15) is 5.56 Å². The Balaban J connectivity index is 0.000000396. The Morgan fingerprint density at radius 1 is 1.05 bits per heavy atom. The maximum atomic E-state index is 10.6. The SMILES string of the molecule is C=CC(=O)OCCO.C=CC(=O)OCc1ccccc1. The van der Waals surface area contributed by atoms with Crippen molar-refractivity contribution < 1.29 is 24.2 Å². The van der Waals surface area contributed by atoms with Crippen molar-refractivity contribution in [3.05, 3.63) is 61.2 Å². The van der Waals surface area contributed by atoms with E-state index in [2.05, 4.69) is 17.9 Å². The fourth-order valence-electron chi connectivity index (χ4n) is 0.993. The Bertz CT molecular complexity index is 425. The molecule has 0 aliphatic carbocycles. The molecule has 0 saturated heterocycles. The predicted molar refractivity (Wildman–Crippen MR) is 74.7 cm³/mol. The van der Waals surface area contributed by atoms with Crippen molar-refractivity contribution in [3.8, 4) is 0 Å². The lowest BCUT2D eigenvalue weighted by molar-refractivity contribution is -0.139. The Kier molecular flexibility index (Phi) is 10.3. The molecule has 0 atom stereocenters. The molecule has 1 aromatic carbocycles. The van der Waals surface area contributed by atoms with Gasteiger partial charge >= 0.3 is 11.9 Å². The van der Waals surface area contributed by atoms with Gasteiger partial charge in [0.15, 0.2) is 0 Å². The van der Waals surface area contributed by atoms with Crippen LogP contribution < -0.4 is 0 Å². The predicted octanol–water partition coefficient (Wildman–Crippen LogP) is 1.62. The first-order valence-corrected chi connectivity index (χ1v) is 5.87. The highest BCUT2D eigenvalue weighted by Crippen LogP contribution is 2.00. The van der Waals surface area contributed by atoms with Gasteiger partial charge in [-0.3, -0.25) is 0 Å². The highest BCUT2D eigenvalue weighted by atomic mass is 16.5. The van der Waals surface area contributed by atoms with Crippen molar-refractivity contribution >= 4 is 11.9 Å². The molecular weight excluding hydrogens is 260 g/mol. The fourth-order valence-corrected chi connectivity index (χ4v) is 0.993. The molecule has 0 aromatic heterocycles. The van der Waals surface area contributed by atoms with E-state index in [1.807, 2.05) is 30.3 Å². The fraction of sp³-hybridized carbons (Fsp3) is 0.200. The van der Waals surface area contributed by atoms with Crippen molar-refractivity contribution in [2.24, 2.45) is 0 Å². The van der Waals surface area contributed by atoms with Gasteiger partial charge in [0.1, 0.15) is 13.2 Å². The van der Waals surface area contributed by atoms with Crippen LogP contribution in [0.4, 0.5) is 0 Å². The largest absolute Gasteiger partial charge is 0.460 e. The first-order valence-electron chi connectivity index (χ1n) is 5.87. The summed E-state index contributed by atoms with van der Waals surface area (Å²) in [6.07, 6.45) is 2.21. The van der Waals surface area contributed by atoms with Crippen LogP contribution >= 0.6 is 0 Å². The second-order valence-corrected chi connectivity index (χ2v) is 3.39. The second kappa shape index (κ2) is 11.7. The normalized spacial score (nSPS) is 8.65. The molecule has 108 valence electrons. The molecule has 1 rings (SSSR count). The van der Waals surface area contributed by atoms with E-state index in [0.717, 1.165) is 17.7 Å². The molecule has 1 aromatic rings. The van der Waals surface area contributed by atoms with E-state index in [4.69, 9.17) is 9.84 Å². The molecule has 5 nitrogen and oxygen atoms in total. The van der Waals surface area contributed by atoms with E-state index in [1.54, 1.807) is 0 Å². The minimum absolute atomic E-state index is 0.0465. The molecule has 0 unspecified atom stereocenters. The van der Waals surface area contributed by atoms with Gasteiger partial charge in [-0.2, -0.15) is 0 Å². The van der Waals surface area contributed by atoms with Gasteiger partial charge < -0.3 is 14.6 Å². The minimum atomic E-state index is -0.501. The van der Waals surface area contributed by atoms with Crippen LogP contribution in [0.5, 0.6) is 0 Å². The van der Waals surface area contributed by atoms with E-state index >= 15 is 0 Å². The standard InChI is InChI=1S/C10H10O2.C5H8O3/c1-2-10(11)12-8-9-6-4-3-5-7-9;1-2-5(7)8-4-3-6/h2-7H,1,8H2;2,6H,1,3-4H2. The molecule has 0 aliphatic heterocycles. The number of aliphatic hydroxyl groups excluding tert-OH is 1. The molecule has 0 bridgehead atoms. The number of hydrogen-bond acceptors (Lipinski definition) is 5. The zero-order valence-electron chi connectivity index (χ0n) is 11.2. The summed E-state index contributed by atoms with van der Waals surface area (Å²) in [5.41, 5.74) is 0.979. The number of carbonyl (C=O) groups excluding carboxylic acids is 2. The molecule has 0 saturated carbocycles. The number of esters is 2. The van der Waals surface area contributed by atoms with Crippen molar-refractivity contribution in [1.29, 1.82) is 0 Å². The van der Waals surface area contributed by atoms with Crippen LogP contribution in [0.15, 0.2) is 55.6 Å². The molecule has 0 spiro atoms. The third kappa shape index (κ3) is 9.61. The lowest BCUT2D eigenvalue weighted by Crippen LogP contribution is -2.04. The zero-order valence-corrected chi connectivity index (χ0v) is 11.2. The number of rotatable bonds is 6. The van der Waals surface area contributed by atoms with E-state index in [0.29, 0.717) is 6.61 Å². The first-order chi connectivity index (χ1) is 9.63. The second-order valence-electron chi connectivity index (χ2n) is 3.39. The summed E-state index contributed by atoms with van der Waals surface area (Å²) < 4.78 is 9.15. The quantitative estimate of drug-likeness (QED) is 0.632. The van der Waals surface area contributed by atoms with Crippen LogP contribution in [-0.4, -0.2) is 30.3 Å². The maximum absolute atomic E-state index is 10.6. The summed E-state index contributed by atoms with van der Waals surface area (Å²) >= 11 is 0. The van der Waals surface area contributed by atoms with Crippen LogP contribution in [-0.2, 0) is 25.7 Å². The molecule has 0 fully saturated rings. The number of aliphatic hydroxyl groups is 1. The van der Waals surface area contributed by atoms with Gasteiger partial charge in [-0.05, 0) is 5.56 Å². The first kappa shape index (κ1) is 17.6. The van der Waals surface area contributed by atoms with Crippen LogP contribution in [0.3, 0.4) is 0 Å². The van der Waals surface area contributed by atoms with Crippen molar-refractivity contribution in [2.45, 2.75) is 6.61 Å². The van der Waals surface area contributed by atoms with Crippen LogP contribution in [0.2, 0.25) is 0 Å². The molecule has 0 amide bonds. The Labute approximate surface area is 118 Å². The maximum Gasteiger partial charge on any atom is 0.330 e. The van der Waals surface area contributed by atoms with Gasteiger partial charge in [0.25, 0.3) is 0 Å². The molecule has 0 heterocycles. The van der Waals surface area contributed by atoms with Gasteiger partial charge in [0.2, 0.25) is 0 Å². The molecule has 1 N–H and O–H groups in total. The Morgan fingerprint density at radius 2 is 1.60 bits per heavy atom. The lowest BCUT2D eigenvalue weighted by Gasteiger charge is -2.00. The van der Waals surface area contributed by atoms with E-state index < -0.39 is 5.97 Å². The molecule has 0 aliphatic rings. The summed E-state index contributed by atoms with van der Waals surface area (Å²) in [5.74, 6) is -0.891.